The molecular weight excluding hydrogens is 497 g/mol. The fourth-order valence-electron chi connectivity index (χ4n) is 5.29. The second kappa shape index (κ2) is 10.1. The van der Waals surface area contributed by atoms with Crippen LogP contribution in [0.2, 0.25) is 0 Å². The third-order valence-electron chi connectivity index (χ3n) is 7.54. The molecule has 10 nitrogen and oxygen atoms in total. The van der Waals surface area contributed by atoms with Gasteiger partial charge in [0.05, 0.1) is 11.9 Å². The molecule has 1 saturated heterocycles. The van der Waals surface area contributed by atoms with Crippen molar-refractivity contribution < 1.29 is 9.50 Å². The van der Waals surface area contributed by atoms with Crippen molar-refractivity contribution in [2.45, 2.75) is 18.4 Å². The first-order valence-corrected chi connectivity index (χ1v) is 13.0. The number of benzene rings is 1. The molecule has 1 aliphatic carbocycles. The van der Waals surface area contributed by atoms with Gasteiger partial charge in [-0.25, -0.2) is 19.4 Å². The summed E-state index contributed by atoms with van der Waals surface area (Å²) in [5.41, 5.74) is 2.91. The Hall–Kier alpha value is -4.38. The van der Waals surface area contributed by atoms with Crippen LogP contribution in [0, 0.1) is 17.1 Å². The van der Waals surface area contributed by atoms with Crippen molar-refractivity contribution in [2.75, 3.05) is 31.1 Å². The lowest BCUT2D eigenvalue weighted by Gasteiger charge is -2.36. The Bertz CT molecular complexity index is 1480. The van der Waals surface area contributed by atoms with Crippen LogP contribution in [-0.4, -0.2) is 73.1 Å². The standard InChI is InChI=1S/C28H30FN9O/c1-36-17-20(14-35-36)19-12-25(31-13-19)26(34-18-30)37-8-10-38(11-9-37)27-32-15-23(16-33-27)28(39,21-2-3-21)22-4-6-24(29)7-5-22/h4-7,12-18,21,30-31,39H,2-3,8-11H2,1H3/t28-/m0/s1. The molecule has 1 aromatic carbocycles. The first-order valence-electron chi connectivity index (χ1n) is 13.0. The number of hydrogen-bond donors (Lipinski definition) is 3. The van der Waals surface area contributed by atoms with E-state index in [1.807, 2.05) is 31.7 Å². The van der Waals surface area contributed by atoms with E-state index >= 15 is 0 Å². The van der Waals surface area contributed by atoms with Crippen LogP contribution in [0.15, 0.2) is 66.3 Å². The van der Waals surface area contributed by atoms with E-state index in [2.05, 4.69) is 34.8 Å². The Labute approximate surface area is 225 Å². The maximum absolute atomic E-state index is 13.5. The van der Waals surface area contributed by atoms with E-state index in [1.165, 1.54) is 12.1 Å². The van der Waals surface area contributed by atoms with Crippen LogP contribution in [0.25, 0.3) is 11.1 Å². The van der Waals surface area contributed by atoms with Crippen molar-refractivity contribution in [3.8, 4) is 11.1 Å². The van der Waals surface area contributed by atoms with Gasteiger partial charge in [0.1, 0.15) is 17.8 Å². The number of aliphatic imine (C=N–C) groups is 1. The maximum atomic E-state index is 13.5. The van der Waals surface area contributed by atoms with Gasteiger partial charge in [0.2, 0.25) is 5.95 Å². The quantitative estimate of drug-likeness (QED) is 0.251. The number of aliphatic hydroxyl groups is 1. The van der Waals surface area contributed by atoms with Crippen LogP contribution in [0.4, 0.5) is 10.3 Å². The number of hydrogen-bond acceptors (Lipinski definition) is 6. The van der Waals surface area contributed by atoms with Gasteiger partial charge in [-0.1, -0.05) is 12.1 Å². The predicted octanol–water partition coefficient (Wildman–Crippen LogP) is 3.17. The monoisotopic (exact) mass is 527 g/mol. The lowest BCUT2D eigenvalue weighted by molar-refractivity contribution is 0.0556. The Morgan fingerprint density at radius 3 is 2.41 bits per heavy atom. The molecule has 6 rings (SSSR count). The number of rotatable bonds is 7. The van der Waals surface area contributed by atoms with Gasteiger partial charge >= 0.3 is 0 Å². The fourth-order valence-corrected chi connectivity index (χ4v) is 5.29. The van der Waals surface area contributed by atoms with Crippen LogP contribution < -0.4 is 4.90 Å². The van der Waals surface area contributed by atoms with Gasteiger partial charge in [-0.2, -0.15) is 5.10 Å². The minimum atomic E-state index is -1.23. The molecular formula is C28H30FN9O. The molecule has 4 heterocycles. The molecule has 39 heavy (non-hydrogen) atoms. The number of halogens is 1. The molecule has 2 aliphatic rings. The van der Waals surface area contributed by atoms with Crippen LogP contribution in [0.5, 0.6) is 0 Å². The van der Waals surface area contributed by atoms with Gasteiger partial charge in [-0.05, 0) is 42.5 Å². The fraction of sp³-hybridized carbons (Fsp3) is 0.321. The number of aromatic amines is 1. The van der Waals surface area contributed by atoms with Gasteiger partial charge in [-0.15, -0.1) is 0 Å². The average Bonchev–Trinajstić information content (AvgIpc) is 3.56. The van der Waals surface area contributed by atoms with E-state index in [0.717, 1.165) is 36.0 Å². The number of anilines is 1. The van der Waals surface area contributed by atoms with E-state index in [4.69, 9.17) is 5.41 Å². The first-order chi connectivity index (χ1) is 19.0. The summed E-state index contributed by atoms with van der Waals surface area (Å²) < 4.78 is 15.3. The maximum Gasteiger partial charge on any atom is 0.225 e. The summed E-state index contributed by atoms with van der Waals surface area (Å²) in [7, 11) is 1.88. The lowest BCUT2D eigenvalue weighted by Crippen LogP contribution is -2.49. The highest BCUT2D eigenvalue weighted by molar-refractivity contribution is 6.01. The average molecular weight is 528 g/mol. The summed E-state index contributed by atoms with van der Waals surface area (Å²) in [5.74, 6) is 1.05. The lowest BCUT2D eigenvalue weighted by atomic mass is 9.83. The molecule has 200 valence electrons. The zero-order valence-corrected chi connectivity index (χ0v) is 21.6. The number of amidine groups is 1. The van der Waals surface area contributed by atoms with Gasteiger partial charge in [0.25, 0.3) is 0 Å². The summed E-state index contributed by atoms with van der Waals surface area (Å²) in [6.45, 7) is 2.72. The molecule has 1 saturated carbocycles. The molecule has 11 heteroatoms. The van der Waals surface area contributed by atoms with Crippen molar-refractivity contribution >= 4 is 18.1 Å². The minimum Gasteiger partial charge on any atom is -0.380 e. The number of aryl methyl sites for hydroxylation is 1. The summed E-state index contributed by atoms with van der Waals surface area (Å²) in [6, 6.07) is 8.05. The third kappa shape index (κ3) is 4.81. The molecule has 3 aromatic heterocycles. The minimum absolute atomic E-state index is 0.0687. The van der Waals surface area contributed by atoms with Crippen molar-refractivity contribution in [3.63, 3.8) is 0 Å². The second-order valence-electron chi connectivity index (χ2n) is 10.1. The van der Waals surface area contributed by atoms with Gasteiger partial charge in [0, 0.05) is 74.7 Å². The molecule has 0 amide bonds. The largest absolute Gasteiger partial charge is 0.380 e. The molecule has 1 aliphatic heterocycles. The van der Waals surface area contributed by atoms with E-state index in [1.54, 1.807) is 29.2 Å². The van der Waals surface area contributed by atoms with Gasteiger partial charge in [-0.3, -0.25) is 10.1 Å². The molecule has 0 unspecified atom stereocenters. The van der Waals surface area contributed by atoms with Crippen molar-refractivity contribution in [2.24, 2.45) is 18.0 Å². The van der Waals surface area contributed by atoms with Crippen LogP contribution in [0.1, 0.15) is 29.7 Å². The van der Waals surface area contributed by atoms with Crippen LogP contribution >= 0.6 is 0 Å². The molecule has 0 radical (unpaired) electrons. The number of piperazine rings is 1. The highest BCUT2D eigenvalue weighted by Gasteiger charge is 2.47. The second-order valence-corrected chi connectivity index (χ2v) is 10.1. The normalized spacial score (nSPS) is 17.8. The zero-order valence-electron chi connectivity index (χ0n) is 21.6. The summed E-state index contributed by atoms with van der Waals surface area (Å²) >= 11 is 0. The van der Waals surface area contributed by atoms with Crippen LogP contribution in [0.3, 0.4) is 0 Å². The summed E-state index contributed by atoms with van der Waals surface area (Å²) in [6.07, 6.45) is 12.0. The molecule has 0 bridgehead atoms. The van der Waals surface area contributed by atoms with Crippen molar-refractivity contribution in [1.29, 1.82) is 5.41 Å². The van der Waals surface area contributed by atoms with E-state index < -0.39 is 5.60 Å². The number of aromatic nitrogens is 5. The highest BCUT2D eigenvalue weighted by Crippen LogP contribution is 2.49. The zero-order chi connectivity index (χ0) is 27.0. The molecule has 3 N–H and O–H groups in total. The topological polar surface area (TPSA) is 122 Å². The van der Waals surface area contributed by atoms with E-state index in [-0.39, 0.29) is 11.7 Å². The van der Waals surface area contributed by atoms with E-state index in [9.17, 15) is 9.50 Å². The predicted molar refractivity (Wildman–Crippen MR) is 146 cm³/mol. The summed E-state index contributed by atoms with van der Waals surface area (Å²) in [4.78, 5) is 21.1. The Balaban J connectivity index is 1.15. The third-order valence-corrected chi connectivity index (χ3v) is 7.54. The SMILES string of the molecule is Cn1cc(-c2c[nH]c(C(=NC=N)N3CCN(c4ncc([C@@](O)(c5ccc(F)cc5)C5CC5)cn4)CC3)c2)cn1. The Morgan fingerprint density at radius 1 is 1.08 bits per heavy atom. The molecule has 1 atom stereocenters. The highest BCUT2D eigenvalue weighted by atomic mass is 19.1. The smallest absolute Gasteiger partial charge is 0.225 e. The van der Waals surface area contributed by atoms with Crippen molar-refractivity contribution in [3.05, 3.63) is 84.0 Å². The van der Waals surface area contributed by atoms with Gasteiger partial charge in [0.15, 0.2) is 5.84 Å². The van der Waals surface area contributed by atoms with Gasteiger partial charge < -0.3 is 19.9 Å². The van der Waals surface area contributed by atoms with E-state index in [0.29, 0.717) is 49.1 Å². The Kier molecular flexibility index (Phi) is 6.43. The van der Waals surface area contributed by atoms with Crippen LogP contribution in [-0.2, 0) is 12.6 Å². The Morgan fingerprint density at radius 2 is 1.79 bits per heavy atom. The van der Waals surface area contributed by atoms with Crippen molar-refractivity contribution in [1.82, 2.24) is 29.6 Å². The first kappa shape index (κ1) is 24.9. The molecule has 2 fully saturated rings. The number of nitrogens with one attached hydrogen (secondary N) is 2. The number of H-pyrrole nitrogens is 1. The molecule has 0 spiro atoms. The number of nitrogens with zero attached hydrogens (tertiary/aromatic N) is 7. The summed E-state index contributed by atoms with van der Waals surface area (Å²) in [5, 5.41) is 23.5. The molecule has 4 aromatic rings.